The van der Waals surface area contributed by atoms with E-state index in [4.69, 9.17) is 9.31 Å². The maximum absolute atomic E-state index is 6.04. The molecule has 0 aromatic rings. The van der Waals surface area contributed by atoms with Gasteiger partial charge in [0, 0.05) is 0 Å². The Morgan fingerprint density at radius 3 is 2.00 bits per heavy atom. The van der Waals surface area contributed by atoms with Crippen molar-refractivity contribution >= 4 is 7.12 Å². The average molecular weight is 210 g/mol. The molecule has 0 spiro atoms. The Morgan fingerprint density at radius 2 is 1.67 bits per heavy atom. The molecule has 1 saturated heterocycles. The fourth-order valence-electron chi connectivity index (χ4n) is 1.99. The van der Waals surface area contributed by atoms with Crippen LogP contribution >= 0.6 is 0 Å². The summed E-state index contributed by atoms with van der Waals surface area (Å²) in [7, 11) is -0.197. The summed E-state index contributed by atoms with van der Waals surface area (Å²) in [5, 5.41) is 0. The molecule has 1 fully saturated rings. The highest BCUT2D eigenvalue weighted by Crippen LogP contribution is 2.42. The first-order valence-corrected chi connectivity index (χ1v) is 5.70. The molecule has 1 rings (SSSR count). The Kier molecular flexibility index (Phi) is 3.37. The summed E-state index contributed by atoms with van der Waals surface area (Å²) < 4.78 is 12.0. The van der Waals surface area contributed by atoms with Gasteiger partial charge in [-0.1, -0.05) is 25.4 Å². The van der Waals surface area contributed by atoms with E-state index in [2.05, 4.69) is 48.5 Å². The molecule has 15 heavy (non-hydrogen) atoms. The first-order chi connectivity index (χ1) is 6.69. The van der Waals surface area contributed by atoms with Crippen molar-refractivity contribution in [1.29, 1.82) is 0 Å². The minimum atomic E-state index is -0.238. The summed E-state index contributed by atoms with van der Waals surface area (Å²) in [6.07, 6.45) is 0. The van der Waals surface area contributed by atoms with Crippen molar-refractivity contribution in [2.45, 2.75) is 59.7 Å². The lowest BCUT2D eigenvalue weighted by molar-refractivity contribution is -0.0435. The van der Waals surface area contributed by atoms with E-state index in [-0.39, 0.29) is 18.3 Å². The molecule has 1 unspecified atom stereocenters. The fourth-order valence-corrected chi connectivity index (χ4v) is 1.99. The van der Waals surface area contributed by atoms with Crippen LogP contribution in [0, 0.1) is 5.92 Å². The zero-order valence-corrected chi connectivity index (χ0v) is 11.0. The van der Waals surface area contributed by atoms with Crippen molar-refractivity contribution in [2.75, 3.05) is 0 Å². The van der Waals surface area contributed by atoms with Crippen LogP contribution in [0.1, 0.15) is 48.5 Å². The SMILES string of the molecule is CC(C)=CB1OC(C)(C)C(C)(C(C)C)O1. The first-order valence-electron chi connectivity index (χ1n) is 5.70. The van der Waals surface area contributed by atoms with Gasteiger partial charge in [-0.05, 0) is 40.5 Å². The van der Waals surface area contributed by atoms with E-state index < -0.39 is 0 Å². The Hall–Kier alpha value is -0.275. The van der Waals surface area contributed by atoms with Crippen molar-refractivity contribution in [2.24, 2.45) is 5.92 Å². The van der Waals surface area contributed by atoms with Gasteiger partial charge in [0.15, 0.2) is 0 Å². The zero-order valence-electron chi connectivity index (χ0n) is 11.0. The van der Waals surface area contributed by atoms with E-state index in [1.807, 2.05) is 5.98 Å². The lowest BCUT2D eigenvalue weighted by Gasteiger charge is -2.39. The Balaban J connectivity index is 2.91. The molecular weight excluding hydrogens is 187 g/mol. The Labute approximate surface area is 94.2 Å². The van der Waals surface area contributed by atoms with Gasteiger partial charge in [-0.3, -0.25) is 0 Å². The molecule has 0 aromatic carbocycles. The van der Waals surface area contributed by atoms with Crippen LogP contribution in [0.25, 0.3) is 0 Å². The standard InChI is InChI=1S/C12H23BO2/c1-9(2)8-13-14-11(5,6)12(7,15-13)10(3)4/h8,10H,1-7H3. The van der Waals surface area contributed by atoms with Crippen molar-refractivity contribution in [1.82, 2.24) is 0 Å². The van der Waals surface area contributed by atoms with Crippen LogP contribution in [0.15, 0.2) is 11.5 Å². The lowest BCUT2D eigenvalue weighted by Crippen LogP contribution is -2.48. The van der Waals surface area contributed by atoms with Gasteiger partial charge in [-0.15, -0.1) is 0 Å². The predicted octanol–water partition coefficient (Wildman–Crippen LogP) is 3.22. The first kappa shape index (κ1) is 12.8. The monoisotopic (exact) mass is 210 g/mol. The normalized spacial score (nSPS) is 29.7. The second-order valence-corrected chi connectivity index (χ2v) is 5.62. The van der Waals surface area contributed by atoms with Gasteiger partial charge in [-0.2, -0.15) is 0 Å². The summed E-state index contributed by atoms with van der Waals surface area (Å²) in [6, 6.07) is 0. The highest BCUT2D eigenvalue weighted by molar-refractivity contribution is 6.51. The fraction of sp³-hybridized carbons (Fsp3) is 0.833. The van der Waals surface area contributed by atoms with Crippen LogP contribution in [-0.2, 0) is 9.31 Å². The lowest BCUT2D eigenvalue weighted by atomic mass is 9.79. The van der Waals surface area contributed by atoms with Crippen LogP contribution in [0.5, 0.6) is 0 Å². The highest BCUT2D eigenvalue weighted by Gasteiger charge is 2.54. The van der Waals surface area contributed by atoms with Crippen LogP contribution in [0.4, 0.5) is 0 Å². The zero-order chi connectivity index (χ0) is 11.9. The number of allylic oxidation sites excluding steroid dienone is 1. The number of rotatable bonds is 2. The number of hydrogen-bond acceptors (Lipinski definition) is 2. The van der Waals surface area contributed by atoms with Gasteiger partial charge < -0.3 is 9.31 Å². The van der Waals surface area contributed by atoms with E-state index in [9.17, 15) is 0 Å². The number of hydrogen-bond donors (Lipinski definition) is 0. The molecule has 0 amide bonds. The summed E-state index contributed by atoms with van der Waals surface area (Å²) in [5.74, 6) is 2.47. The average Bonchev–Trinajstić information content (AvgIpc) is 2.21. The molecule has 3 heteroatoms. The van der Waals surface area contributed by atoms with Gasteiger partial charge in [-0.25, -0.2) is 0 Å². The van der Waals surface area contributed by atoms with Crippen molar-refractivity contribution in [3.05, 3.63) is 11.5 Å². The van der Waals surface area contributed by atoms with E-state index in [0.29, 0.717) is 5.92 Å². The van der Waals surface area contributed by atoms with Crippen molar-refractivity contribution in [3.8, 4) is 0 Å². The molecule has 0 aliphatic carbocycles. The molecule has 0 radical (unpaired) electrons. The Bertz CT molecular complexity index is 267. The van der Waals surface area contributed by atoms with E-state index >= 15 is 0 Å². The van der Waals surface area contributed by atoms with Crippen LogP contribution < -0.4 is 0 Å². The quantitative estimate of drug-likeness (QED) is 0.651. The van der Waals surface area contributed by atoms with E-state index in [0.717, 1.165) is 0 Å². The third-order valence-corrected chi connectivity index (χ3v) is 3.54. The molecule has 1 aliphatic heterocycles. The van der Waals surface area contributed by atoms with Gasteiger partial charge in [0.25, 0.3) is 0 Å². The molecule has 1 atom stereocenters. The minimum absolute atomic E-state index is 0.197. The Morgan fingerprint density at radius 1 is 1.13 bits per heavy atom. The predicted molar refractivity (Wildman–Crippen MR) is 64.7 cm³/mol. The van der Waals surface area contributed by atoms with E-state index in [1.165, 1.54) is 5.57 Å². The maximum Gasteiger partial charge on any atom is 0.487 e. The smallest absolute Gasteiger partial charge is 0.400 e. The van der Waals surface area contributed by atoms with Crippen molar-refractivity contribution in [3.63, 3.8) is 0 Å². The molecule has 0 bridgehead atoms. The second kappa shape index (κ2) is 3.95. The van der Waals surface area contributed by atoms with Gasteiger partial charge in [0.1, 0.15) is 0 Å². The van der Waals surface area contributed by atoms with Gasteiger partial charge >= 0.3 is 7.12 Å². The van der Waals surface area contributed by atoms with Gasteiger partial charge in [0.05, 0.1) is 11.2 Å². The highest BCUT2D eigenvalue weighted by atomic mass is 16.7. The summed E-state index contributed by atoms with van der Waals surface area (Å²) >= 11 is 0. The summed E-state index contributed by atoms with van der Waals surface area (Å²) in [6.45, 7) is 14.8. The van der Waals surface area contributed by atoms with Crippen LogP contribution in [-0.4, -0.2) is 18.3 Å². The third-order valence-electron chi connectivity index (χ3n) is 3.54. The molecule has 86 valence electrons. The molecule has 2 nitrogen and oxygen atoms in total. The topological polar surface area (TPSA) is 18.5 Å². The second-order valence-electron chi connectivity index (χ2n) is 5.62. The van der Waals surface area contributed by atoms with Crippen LogP contribution in [0.3, 0.4) is 0 Å². The molecule has 0 saturated carbocycles. The van der Waals surface area contributed by atoms with Crippen molar-refractivity contribution < 1.29 is 9.31 Å². The molecule has 1 aliphatic rings. The summed E-state index contributed by atoms with van der Waals surface area (Å²) in [5.41, 5.74) is 0.769. The molecule has 0 aromatic heterocycles. The maximum atomic E-state index is 6.04. The minimum Gasteiger partial charge on any atom is -0.400 e. The van der Waals surface area contributed by atoms with E-state index in [1.54, 1.807) is 0 Å². The third kappa shape index (κ3) is 2.29. The largest absolute Gasteiger partial charge is 0.487 e. The summed E-state index contributed by atoms with van der Waals surface area (Å²) in [4.78, 5) is 0. The molecule has 1 heterocycles. The molecule has 0 N–H and O–H groups in total. The van der Waals surface area contributed by atoms with Crippen LogP contribution in [0.2, 0.25) is 0 Å². The van der Waals surface area contributed by atoms with Gasteiger partial charge in [0.2, 0.25) is 0 Å². The molecular formula is C12H23BO2.